The van der Waals surface area contributed by atoms with Gasteiger partial charge >= 0.3 is 0 Å². The van der Waals surface area contributed by atoms with Crippen molar-refractivity contribution >= 4 is 5.82 Å². The Morgan fingerprint density at radius 1 is 1.20 bits per heavy atom. The van der Waals surface area contributed by atoms with Gasteiger partial charge in [-0.1, -0.05) is 0 Å². The van der Waals surface area contributed by atoms with Crippen molar-refractivity contribution in [1.82, 2.24) is 19.5 Å². The van der Waals surface area contributed by atoms with Crippen molar-refractivity contribution in [2.45, 2.75) is 46.1 Å². The lowest BCUT2D eigenvalue weighted by atomic mass is 9.96. The van der Waals surface area contributed by atoms with Gasteiger partial charge in [0.05, 0.1) is 12.5 Å². The van der Waals surface area contributed by atoms with Crippen molar-refractivity contribution in [3.63, 3.8) is 0 Å². The summed E-state index contributed by atoms with van der Waals surface area (Å²) in [4.78, 5) is 13.8. The minimum atomic E-state index is 0.793. The largest absolute Gasteiger partial charge is 0.370 e. The number of rotatable bonds is 4. The number of aromatic nitrogens is 4. The van der Waals surface area contributed by atoms with Crippen molar-refractivity contribution in [2.24, 2.45) is 0 Å². The van der Waals surface area contributed by atoms with E-state index >= 15 is 0 Å². The van der Waals surface area contributed by atoms with E-state index in [2.05, 4.69) is 28.7 Å². The lowest BCUT2D eigenvalue weighted by Crippen LogP contribution is -2.14. The highest BCUT2D eigenvalue weighted by Gasteiger charge is 2.19. The first-order valence-corrected chi connectivity index (χ1v) is 7.47. The summed E-state index contributed by atoms with van der Waals surface area (Å²) in [6.45, 7) is 5.98. The van der Waals surface area contributed by atoms with Crippen LogP contribution in [0.2, 0.25) is 0 Å². The van der Waals surface area contributed by atoms with Gasteiger partial charge in [0.25, 0.3) is 0 Å². The minimum absolute atomic E-state index is 0.793. The Morgan fingerprint density at radius 2 is 2.05 bits per heavy atom. The maximum absolute atomic E-state index is 4.80. The number of nitrogens with one attached hydrogen (secondary N) is 1. The third kappa shape index (κ3) is 2.28. The first-order valence-electron chi connectivity index (χ1n) is 7.47. The summed E-state index contributed by atoms with van der Waals surface area (Å²) in [6.07, 6.45) is 8.30. The van der Waals surface area contributed by atoms with Gasteiger partial charge in [-0.3, -0.25) is 0 Å². The van der Waals surface area contributed by atoms with Crippen molar-refractivity contribution in [2.75, 3.05) is 11.9 Å². The molecule has 2 aromatic rings. The topological polar surface area (TPSA) is 55.6 Å². The van der Waals surface area contributed by atoms with E-state index in [1.54, 1.807) is 0 Å². The molecular formula is C15H21N5. The summed E-state index contributed by atoms with van der Waals surface area (Å²) < 4.78 is 2.08. The molecule has 3 rings (SSSR count). The second kappa shape index (κ2) is 5.61. The summed E-state index contributed by atoms with van der Waals surface area (Å²) in [6, 6.07) is 0. The molecule has 0 radical (unpaired) electrons. The van der Waals surface area contributed by atoms with Gasteiger partial charge in [-0.15, -0.1) is 0 Å². The molecule has 2 aromatic heterocycles. The number of hydrogen-bond acceptors (Lipinski definition) is 4. The molecule has 5 nitrogen and oxygen atoms in total. The smallest absolute Gasteiger partial charge is 0.180 e. The van der Waals surface area contributed by atoms with Crippen LogP contribution in [0.1, 0.15) is 37.9 Å². The molecule has 0 fully saturated rings. The quantitative estimate of drug-likeness (QED) is 0.929. The van der Waals surface area contributed by atoms with E-state index in [0.717, 1.165) is 43.3 Å². The molecule has 0 saturated carbocycles. The van der Waals surface area contributed by atoms with Gasteiger partial charge in [-0.25, -0.2) is 15.0 Å². The fourth-order valence-corrected chi connectivity index (χ4v) is 2.78. The van der Waals surface area contributed by atoms with Crippen LogP contribution in [0.4, 0.5) is 5.82 Å². The van der Waals surface area contributed by atoms with Gasteiger partial charge in [0, 0.05) is 24.3 Å². The molecule has 0 amide bonds. The van der Waals surface area contributed by atoms with Gasteiger partial charge in [0.15, 0.2) is 5.82 Å². The summed E-state index contributed by atoms with van der Waals surface area (Å²) in [7, 11) is 0. The van der Waals surface area contributed by atoms with Crippen molar-refractivity contribution in [3.8, 4) is 11.5 Å². The van der Waals surface area contributed by atoms with Crippen LogP contribution in [0, 0.1) is 0 Å². The van der Waals surface area contributed by atoms with Gasteiger partial charge in [-0.2, -0.15) is 0 Å². The average molecular weight is 271 g/mol. The molecule has 106 valence electrons. The molecule has 0 bridgehead atoms. The number of fused-ring (bicyclic) bond motifs is 1. The van der Waals surface area contributed by atoms with E-state index in [4.69, 9.17) is 9.97 Å². The third-order valence-corrected chi connectivity index (χ3v) is 3.81. The van der Waals surface area contributed by atoms with E-state index in [-0.39, 0.29) is 0 Å². The van der Waals surface area contributed by atoms with Crippen LogP contribution in [0.3, 0.4) is 0 Å². The lowest BCUT2D eigenvalue weighted by Gasteiger charge is -2.19. The molecule has 0 atom stereocenters. The van der Waals surface area contributed by atoms with Gasteiger partial charge in [-0.05, 0) is 39.5 Å². The van der Waals surface area contributed by atoms with Gasteiger partial charge in [0.2, 0.25) is 0 Å². The van der Waals surface area contributed by atoms with Crippen LogP contribution in [-0.4, -0.2) is 26.1 Å². The van der Waals surface area contributed by atoms with E-state index in [0.29, 0.717) is 0 Å². The van der Waals surface area contributed by atoms with Crippen LogP contribution in [-0.2, 0) is 19.4 Å². The average Bonchev–Trinajstić information content (AvgIpc) is 2.96. The first-order chi connectivity index (χ1) is 9.83. The highest BCUT2D eigenvalue weighted by molar-refractivity contribution is 5.57. The molecule has 0 aliphatic heterocycles. The standard InChI is InChI=1S/C15H21N5/c1-3-17-14-11-7-5-6-8-12(11)18-15(19-14)13-9-16-10-20(13)4-2/h9-10H,3-8H2,1-2H3,(H,17,18,19). The minimum Gasteiger partial charge on any atom is -0.370 e. The Balaban J connectivity index is 2.10. The molecule has 0 aromatic carbocycles. The molecule has 1 N–H and O–H groups in total. The second-order valence-corrected chi connectivity index (χ2v) is 5.12. The van der Waals surface area contributed by atoms with Crippen LogP contribution in [0.5, 0.6) is 0 Å². The number of hydrogen-bond donors (Lipinski definition) is 1. The SMILES string of the molecule is CCNc1nc(-c2cncn2CC)nc2c1CCCC2. The summed E-state index contributed by atoms with van der Waals surface area (Å²) >= 11 is 0. The van der Waals surface area contributed by atoms with Crippen molar-refractivity contribution in [1.29, 1.82) is 0 Å². The van der Waals surface area contributed by atoms with Crippen LogP contribution < -0.4 is 5.32 Å². The number of anilines is 1. The monoisotopic (exact) mass is 271 g/mol. The molecule has 0 unspecified atom stereocenters. The van der Waals surface area contributed by atoms with Gasteiger partial charge < -0.3 is 9.88 Å². The Labute approximate surface area is 119 Å². The lowest BCUT2D eigenvalue weighted by molar-refractivity contribution is 0.663. The third-order valence-electron chi connectivity index (χ3n) is 3.81. The second-order valence-electron chi connectivity index (χ2n) is 5.12. The maximum Gasteiger partial charge on any atom is 0.180 e. The fraction of sp³-hybridized carbons (Fsp3) is 0.533. The van der Waals surface area contributed by atoms with E-state index < -0.39 is 0 Å². The number of imidazole rings is 1. The van der Waals surface area contributed by atoms with Gasteiger partial charge in [0.1, 0.15) is 11.5 Å². The molecule has 1 aliphatic carbocycles. The molecule has 1 aliphatic rings. The molecule has 2 heterocycles. The molecule has 20 heavy (non-hydrogen) atoms. The van der Waals surface area contributed by atoms with E-state index in [1.807, 2.05) is 12.5 Å². The summed E-state index contributed by atoms with van der Waals surface area (Å²) in [5, 5.41) is 3.39. The number of aryl methyl sites for hydroxylation is 2. The molecule has 0 saturated heterocycles. The highest BCUT2D eigenvalue weighted by Crippen LogP contribution is 2.28. The maximum atomic E-state index is 4.80. The van der Waals surface area contributed by atoms with Crippen LogP contribution >= 0.6 is 0 Å². The van der Waals surface area contributed by atoms with Crippen LogP contribution in [0.25, 0.3) is 11.5 Å². The Hall–Kier alpha value is -1.91. The van der Waals surface area contributed by atoms with Crippen molar-refractivity contribution in [3.05, 3.63) is 23.8 Å². The highest BCUT2D eigenvalue weighted by atomic mass is 15.1. The Morgan fingerprint density at radius 3 is 2.85 bits per heavy atom. The molecule has 5 heteroatoms. The van der Waals surface area contributed by atoms with Crippen LogP contribution in [0.15, 0.2) is 12.5 Å². The summed E-state index contributed by atoms with van der Waals surface area (Å²) in [5.74, 6) is 1.80. The molecular weight excluding hydrogens is 250 g/mol. The normalized spacial score (nSPS) is 14.1. The van der Waals surface area contributed by atoms with E-state index in [9.17, 15) is 0 Å². The molecule has 0 spiro atoms. The number of nitrogens with zero attached hydrogens (tertiary/aromatic N) is 4. The Kier molecular flexibility index (Phi) is 3.67. The zero-order valence-corrected chi connectivity index (χ0v) is 12.2. The Bertz CT molecular complexity index is 602. The first kappa shape index (κ1) is 13.1. The predicted octanol–water partition coefficient (Wildman–Crippen LogP) is 2.67. The predicted molar refractivity (Wildman–Crippen MR) is 79.7 cm³/mol. The zero-order valence-electron chi connectivity index (χ0n) is 12.2. The fourth-order valence-electron chi connectivity index (χ4n) is 2.78. The zero-order chi connectivity index (χ0) is 13.9. The van der Waals surface area contributed by atoms with E-state index in [1.165, 1.54) is 24.1 Å². The van der Waals surface area contributed by atoms with Crippen molar-refractivity contribution < 1.29 is 0 Å². The summed E-state index contributed by atoms with van der Waals surface area (Å²) in [5.41, 5.74) is 3.52.